The molecule has 0 spiro atoms. The minimum Gasteiger partial charge on any atom is -0.333 e. The van der Waals surface area contributed by atoms with Gasteiger partial charge in [-0.15, -0.1) is 11.3 Å². The van der Waals surface area contributed by atoms with Crippen LogP contribution in [0.3, 0.4) is 0 Å². The van der Waals surface area contributed by atoms with Gasteiger partial charge in [0.1, 0.15) is 10.7 Å². The number of thiophene rings is 1. The Labute approximate surface area is 176 Å². The van der Waals surface area contributed by atoms with Gasteiger partial charge in [0, 0.05) is 21.7 Å². The van der Waals surface area contributed by atoms with Crippen molar-refractivity contribution < 1.29 is 12.9 Å². The van der Waals surface area contributed by atoms with Crippen molar-refractivity contribution in [2.75, 3.05) is 4.72 Å². The second-order valence-corrected chi connectivity index (χ2v) is 9.63. The smallest absolute Gasteiger partial charge is 0.268 e. The molecule has 0 radical (unpaired) electrons. The van der Waals surface area contributed by atoms with E-state index in [-0.39, 0.29) is 16.6 Å². The first-order chi connectivity index (χ1) is 13.8. The molecule has 0 unspecified atom stereocenters. The van der Waals surface area contributed by atoms with E-state index in [1.165, 1.54) is 17.4 Å². The summed E-state index contributed by atoms with van der Waals surface area (Å²) in [5.74, 6) is 0.901. The largest absolute Gasteiger partial charge is 0.333 e. The van der Waals surface area contributed by atoms with Gasteiger partial charge in [-0.25, -0.2) is 13.4 Å². The van der Waals surface area contributed by atoms with E-state index in [0.717, 1.165) is 11.1 Å². The lowest BCUT2D eigenvalue weighted by Gasteiger charge is -2.06. The molecule has 0 atom stereocenters. The fourth-order valence-electron chi connectivity index (χ4n) is 2.60. The molecule has 148 valence electrons. The SMILES string of the molecule is Cc1ccc(NS(=O)(=O)c2cc(-c3nc(-c4ccc(Cl)cc4)no3)sc2C)nc1. The number of rotatable bonds is 5. The molecular weight excluding hydrogens is 432 g/mol. The Balaban J connectivity index is 1.62. The van der Waals surface area contributed by atoms with Crippen molar-refractivity contribution in [2.45, 2.75) is 18.7 Å². The number of nitrogens with zero attached hydrogens (tertiary/aromatic N) is 3. The van der Waals surface area contributed by atoms with Crippen LogP contribution in [0.1, 0.15) is 10.4 Å². The molecule has 0 fully saturated rings. The van der Waals surface area contributed by atoms with Crippen molar-refractivity contribution in [3.05, 3.63) is 64.1 Å². The molecule has 0 aliphatic rings. The van der Waals surface area contributed by atoms with Gasteiger partial charge in [-0.1, -0.05) is 22.8 Å². The van der Waals surface area contributed by atoms with Crippen molar-refractivity contribution in [3.63, 3.8) is 0 Å². The van der Waals surface area contributed by atoms with E-state index in [2.05, 4.69) is 19.8 Å². The molecule has 10 heteroatoms. The monoisotopic (exact) mass is 446 g/mol. The molecule has 4 rings (SSSR count). The Kier molecular flexibility index (Phi) is 5.12. The van der Waals surface area contributed by atoms with E-state index >= 15 is 0 Å². The van der Waals surface area contributed by atoms with Crippen LogP contribution in [0, 0.1) is 13.8 Å². The molecule has 7 nitrogen and oxygen atoms in total. The first-order valence-electron chi connectivity index (χ1n) is 8.48. The van der Waals surface area contributed by atoms with Gasteiger partial charge in [0.25, 0.3) is 15.9 Å². The maximum absolute atomic E-state index is 12.8. The molecule has 0 saturated heterocycles. The van der Waals surface area contributed by atoms with Crippen LogP contribution in [-0.2, 0) is 10.0 Å². The Morgan fingerprint density at radius 3 is 2.55 bits per heavy atom. The highest BCUT2D eigenvalue weighted by atomic mass is 35.5. The van der Waals surface area contributed by atoms with E-state index in [1.807, 2.05) is 6.92 Å². The maximum atomic E-state index is 12.8. The number of aromatic nitrogens is 3. The van der Waals surface area contributed by atoms with Gasteiger partial charge >= 0.3 is 0 Å². The lowest BCUT2D eigenvalue weighted by atomic mass is 10.2. The van der Waals surface area contributed by atoms with Crippen LogP contribution in [0.25, 0.3) is 22.2 Å². The van der Waals surface area contributed by atoms with Gasteiger partial charge in [-0.3, -0.25) is 4.72 Å². The Hall–Kier alpha value is -2.75. The molecule has 3 heterocycles. The quantitative estimate of drug-likeness (QED) is 0.466. The summed E-state index contributed by atoms with van der Waals surface area (Å²) in [6.07, 6.45) is 1.60. The zero-order valence-corrected chi connectivity index (χ0v) is 17.8. The van der Waals surface area contributed by atoms with E-state index in [9.17, 15) is 8.42 Å². The third-order valence-electron chi connectivity index (χ3n) is 4.05. The van der Waals surface area contributed by atoms with Crippen molar-refractivity contribution in [1.29, 1.82) is 0 Å². The molecule has 4 aromatic rings. The number of halogens is 1. The van der Waals surface area contributed by atoms with Gasteiger partial charge in [-0.2, -0.15) is 4.98 Å². The lowest BCUT2D eigenvalue weighted by molar-refractivity contribution is 0.433. The van der Waals surface area contributed by atoms with Crippen molar-refractivity contribution in [2.24, 2.45) is 0 Å². The number of pyridine rings is 1. The maximum Gasteiger partial charge on any atom is 0.268 e. The van der Waals surface area contributed by atoms with Crippen LogP contribution < -0.4 is 4.72 Å². The molecule has 0 aliphatic heterocycles. The van der Waals surface area contributed by atoms with Gasteiger partial charge in [0.2, 0.25) is 5.82 Å². The zero-order chi connectivity index (χ0) is 20.6. The van der Waals surface area contributed by atoms with Gasteiger partial charge < -0.3 is 4.52 Å². The summed E-state index contributed by atoms with van der Waals surface area (Å²) in [5.41, 5.74) is 1.69. The second-order valence-electron chi connectivity index (χ2n) is 6.29. The summed E-state index contributed by atoms with van der Waals surface area (Å²) in [6.45, 7) is 3.60. The predicted molar refractivity (Wildman–Crippen MR) is 113 cm³/mol. The first-order valence-corrected chi connectivity index (χ1v) is 11.2. The van der Waals surface area contributed by atoms with E-state index in [4.69, 9.17) is 16.1 Å². The molecule has 0 saturated carbocycles. The zero-order valence-electron chi connectivity index (χ0n) is 15.4. The fraction of sp³-hybridized carbons (Fsp3) is 0.105. The van der Waals surface area contributed by atoms with E-state index in [1.54, 1.807) is 49.5 Å². The Bertz CT molecular complexity index is 1260. The topological polar surface area (TPSA) is 98.0 Å². The molecule has 29 heavy (non-hydrogen) atoms. The highest BCUT2D eigenvalue weighted by Gasteiger charge is 2.23. The summed E-state index contributed by atoms with van der Waals surface area (Å²) < 4.78 is 33.4. The number of anilines is 1. The van der Waals surface area contributed by atoms with Crippen molar-refractivity contribution in [3.8, 4) is 22.2 Å². The molecule has 1 N–H and O–H groups in total. The Morgan fingerprint density at radius 2 is 1.86 bits per heavy atom. The molecule has 0 amide bonds. The highest BCUT2D eigenvalue weighted by molar-refractivity contribution is 7.93. The second kappa shape index (κ2) is 7.58. The van der Waals surface area contributed by atoms with Gasteiger partial charge in [0.05, 0.1) is 4.88 Å². The third-order valence-corrected chi connectivity index (χ3v) is 6.95. The molecular formula is C19H15ClN4O3S2. The normalized spacial score (nSPS) is 11.6. The predicted octanol–water partition coefficient (Wildman–Crippen LogP) is 4.93. The van der Waals surface area contributed by atoms with Crippen LogP contribution in [-0.4, -0.2) is 23.5 Å². The highest BCUT2D eigenvalue weighted by Crippen LogP contribution is 2.34. The minimum atomic E-state index is -3.80. The summed E-state index contributed by atoms with van der Waals surface area (Å²) in [7, 11) is -3.80. The van der Waals surface area contributed by atoms with Crippen molar-refractivity contribution >= 4 is 38.8 Å². The molecule has 0 bridgehead atoms. The number of nitrogens with one attached hydrogen (secondary N) is 1. The summed E-state index contributed by atoms with van der Waals surface area (Å²) >= 11 is 7.16. The van der Waals surface area contributed by atoms with E-state index < -0.39 is 10.0 Å². The summed E-state index contributed by atoms with van der Waals surface area (Å²) in [6, 6.07) is 12.0. The average Bonchev–Trinajstić information content (AvgIpc) is 3.31. The van der Waals surface area contributed by atoms with Gasteiger partial charge in [-0.05, 0) is 55.8 Å². The number of hydrogen-bond donors (Lipinski definition) is 1. The van der Waals surface area contributed by atoms with Crippen LogP contribution in [0.5, 0.6) is 0 Å². The Morgan fingerprint density at radius 1 is 1.10 bits per heavy atom. The molecule has 0 aliphatic carbocycles. The fourth-order valence-corrected chi connectivity index (χ4v) is 5.25. The molecule has 3 aromatic heterocycles. The van der Waals surface area contributed by atoms with Gasteiger partial charge in [0.15, 0.2) is 0 Å². The molecule has 1 aromatic carbocycles. The standard InChI is InChI=1S/C19H15ClN4O3S2/c1-11-3-8-17(21-10-11)24-29(25,26)16-9-15(28-12(16)2)19-22-18(23-27-19)13-4-6-14(20)7-5-13/h3-10H,1-2H3,(H,21,24). The van der Waals surface area contributed by atoms with Crippen LogP contribution >= 0.6 is 22.9 Å². The number of aryl methyl sites for hydroxylation is 2. The van der Waals surface area contributed by atoms with Crippen LogP contribution in [0.2, 0.25) is 5.02 Å². The number of hydrogen-bond acceptors (Lipinski definition) is 7. The van der Waals surface area contributed by atoms with E-state index in [0.29, 0.717) is 20.6 Å². The van der Waals surface area contributed by atoms with Crippen LogP contribution in [0.15, 0.2) is 58.1 Å². The summed E-state index contributed by atoms with van der Waals surface area (Å²) in [5, 5.41) is 4.58. The summed E-state index contributed by atoms with van der Waals surface area (Å²) in [4.78, 5) is 9.77. The lowest BCUT2D eigenvalue weighted by Crippen LogP contribution is -2.14. The van der Waals surface area contributed by atoms with Crippen molar-refractivity contribution in [1.82, 2.24) is 15.1 Å². The average molecular weight is 447 g/mol. The number of benzene rings is 1. The number of sulfonamides is 1. The first kappa shape index (κ1) is 19.6. The minimum absolute atomic E-state index is 0.145. The third kappa shape index (κ3) is 4.16. The van der Waals surface area contributed by atoms with Crippen LogP contribution in [0.4, 0.5) is 5.82 Å².